The second-order valence-corrected chi connectivity index (χ2v) is 6.37. The number of primary amides is 1. The Kier molecular flexibility index (Phi) is 4.50. The van der Waals surface area contributed by atoms with Crippen molar-refractivity contribution in [3.05, 3.63) is 28.7 Å². The zero-order valence-electron chi connectivity index (χ0n) is 11.3. The van der Waals surface area contributed by atoms with Crippen molar-refractivity contribution in [3.8, 4) is 0 Å². The Labute approximate surface area is 123 Å². The minimum Gasteiger partial charge on any atom is -0.371 e. The zero-order valence-corrected chi connectivity index (χ0v) is 12.9. The van der Waals surface area contributed by atoms with E-state index in [1.807, 2.05) is 24.3 Å². The molecule has 1 amide bonds. The van der Waals surface area contributed by atoms with Crippen molar-refractivity contribution < 1.29 is 4.79 Å². The quantitative estimate of drug-likeness (QED) is 0.887. The molecule has 3 N–H and O–H groups in total. The maximum absolute atomic E-state index is 12.0. The number of benzene rings is 1. The molecule has 0 spiro atoms. The number of anilines is 1. The normalized spacial score (nSPS) is 26.9. The molecule has 1 saturated carbocycles. The summed E-state index contributed by atoms with van der Waals surface area (Å²) < 4.78 is 1.000. The van der Waals surface area contributed by atoms with Crippen LogP contribution < -0.4 is 11.1 Å². The topological polar surface area (TPSA) is 55.1 Å². The molecule has 19 heavy (non-hydrogen) atoms. The zero-order chi connectivity index (χ0) is 13.9. The fourth-order valence-corrected chi connectivity index (χ4v) is 3.38. The van der Waals surface area contributed by atoms with Gasteiger partial charge in [0.2, 0.25) is 5.91 Å². The third-order valence-electron chi connectivity index (χ3n) is 4.11. The highest BCUT2D eigenvalue weighted by molar-refractivity contribution is 9.10. The second kappa shape index (κ2) is 5.95. The molecule has 104 valence electrons. The molecule has 1 aliphatic carbocycles. The molecule has 3 nitrogen and oxygen atoms in total. The van der Waals surface area contributed by atoms with Crippen molar-refractivity contribution >= 4 is 27.5 Å². The lowest BCUT2D eigenvalue weighted by atomic mass is 9.74. The number of carbonyl (C=O) groups excluding carboxylic acids is 1. The van der Waals surface area contributed by atoms with Crippen LogP contribution in [0.4, 0.5) is 5.69 Å². The summed E-state index contributed by atoms with van der Waals surface area (Å²) in [4.78, 5) is 12.0. The first-order chi connectivity index (χ1) is 9.05. The Morgan fingerprint density at radius 3 is 3.00 bits per heavy atom. The predicted octanol–water partition coefficient (Wildman–Crippen LogP) is 3.69. The summed E-state index contributed by atoms with van der Waals surface area (Å²) >= 11 is 3.45. The van der Waals surface area contributed by atoms with Gasteiger partial charge < -0.3 is 11.1 Å². The SMILES string of the molecule is CCC1CCCC(Nc2cccc(Br)c2)(C(N)=O)C1. The van der Waals surface area contributed by atoms with Crippen molar-refractivity contribution in [2.24, 2.45) is 11.7 Å². The molecular formula is C15H21BrN2O. The lowest BCUT2D eigenvalue weighted by Gasteiger charge is -2.39. The van der Waals surface area contributed by atoms with Gasteiger partial charge in [0.1, 0.15) is 5.54 Å². The number of rotatable bonds is 4. The van der Waals surface area contributed by atoms with Gasteiger partial charge in [-0.3, -0.25) is 4.79 Å². The van der Waals surface area contributed by atoms with Gasteiger partial charge in [0.15, 0.2) is 0 Å². The molecule has 1 aromatic carbocycles. The molecule has 2 unspecified atom stereocenters. The fourth-order valence-electron chi connectivity index (χ4n) is 2.98. The first-order valence-electron chi connectivity index (χ1n) is 6.89. The van der Waals surface area contributed by atoms with Gasteiger partial charge in [-0.05, 0) is 37.0 Å². The lowest BCUT2D eigenvalue weighted by molar-refractivity contribution is -0.123. The Balaban J connectivity index is 2.22. The Hall–Kier alpha value is -1.03. The summed E-state index contributed by atoms with van der Waals surface area (Å²) in [6, 6.07) is 7.89. The largest absolute Gasteiger partial charge is 0.371 e. The first kappa shape index (κ1) is 14.4. The van der Waals surface area contributed by atoms with Gasteiger partial charge in [-0.1, -0.05) is 48.2 Å². The lowest BCUT2D eigenvalue weighted by Crippen LogP contribution is -2.53. The molecule has 1 fully saturated rings. The Bertz CT molecular complexity index is 463. The average molecular weight is 325 g/mol. The highest BCUT2D eigenvalue weighted by Gasteiger charge is 2.40. The number of amides is 1. The van der Waals surface area contributed by atoms with Crippen LogP contribution in [0.5, 0.6) is 0 Å². The number of carbonyl (C=O) groups is 1. The van der Waals surface area contributed by atoms with E-state index >= 15 is 0 Å². The molecule has 0 bridgehead atoms. The van der Waals surface area contributed by atoms with Crippen LogP contribution >= 0.6 is 15.9 Å². The van der Waals surface area contributed by atoms with Gasteiger partial charge in [-0.25, -0.2) is 0 Å². The summed E-state index contributed by atoms with van der Waals surface area (Å²) in [6.07, 6.45) is 5.03. The molecule has 0 saturated heterocycles. The Morgan fingerprint density at radius 2 is 2.37 bits per heavy atom. The summed E-state index contributed by atoms with van der Waals surface area (Å²) in [5, 5.41) is 3.39. The molecular weight excluding hydrogens is 304 g/mol. The van der Waals surface area contributed by atoms with Crippen molar-refractivity contribution in [3.63, 3.8) is 0 Å². The third-order valence-corrected chi connectivity index (χ3v) is 4.60. The molecule has 4 heteroatoms. The molecule has 2 atom stereocenters. The Morgan fingerprint density at radius 1 is 1.58 bits per heavy atom. The van der Waals surface area contributed by atoms with Crippen LogP contribution in [0.1, 0.15) is 39.0 Å². The smallest absolute Gasteiger partial charge is 0.243 e. The number of hydrogen-bond acceptors (Lipinski definition) is 2. The third kappa shape index (κ3) is 3.30. The van der Waals surface area contributed by atoms with E-state index in [0.717, 1.165) is 35.8 Å². The van der Waals surface area contributed by atoms with E-state index in [4.69, 9.17) is 5.73 Å². The van der Waals surface area contributed by atoms with E-state index in [1.165, 1.54) is 6.42 Å². The minimum absolute atomic E-state index is 0.231. The van der Waals surface area contributed by atoms with Crippen LogP contribution in [0, 0.1) is 5.92 Å². The molecule has 1 aliphatic rings. The highest BCUT2D eigenvalue weighted by Crippen LogP contribution is 2.36. The van der Waals surface area contributed by atoms with E-state index in [1.54, 1.807) is 0 Å². The van der Waals surface area contributed by atoms with E-state index in [2.05, 4.69) is 28.2 Å². The van der Waals surface area contributed by atoms with Crippen LogP contribution in [-0.4, -0.2) is 11.4 Å². The minimum atomic E-state index is -0.584. The fraction of sp³-hybridized carbons (Fsp3) is 0.533. The van der Waals surface area contributed by atoms with Crippen LogP contribution in [-0.2, 0) is 4.79 Å². The molecule has 0 aromatic heterocycles. The first-order valence-corrected chi connectivity index (χ1v) is 7.69. The van der Waals surface area contributed by atoms with Gasteiger partial charge in [0, 0.05) is 10.2 Å². The van der Waals surface area contributed by atoms with E-state index < -0.39 is 5.54 Å². The van der Waals surface area contributed by atoms with Crippen molar-refractivity contribution in [2.45, 2.75) is 44.6 Å². The van der Waals surface area contributed by atoms with E-state index in [9.17, 15) is 4.79 Å². The van der Waals surface area contributed by atoms with Crippen molar-refractivity contribution in [1.82, 2.24) is 0 Å². The van der Waals surface area contributed by atoms with Crippen LogP contribution in [0.25, 0.3) is 0 Å². The van der Waals surface area contributed by atoms with Gasteiger partial charge in [-0.15, -0.1) is 0 Å². The number of halogens is 1. The number of nitrogens with one attached hydrogen (secondary N) is 1. The van der Waals surface area contributed by atoms with Crippen molar-refractivity contribution in [2.75, 3.05) is 5.32 Å². The maximum Gasteiger partial charge on any atom is 0.243 e. The van der Waals surface area contributed by atoms with Crippen LogP contribution in [0.2, 0.25) is 0 Å². The highest BCUT2D eigenvalue weighted by atomic mass is 79.9. The van der Waals surface area contributed by atoms with Gasteiger partial charge in [-0.2, -0.15) is 0 Å². The van der Waals surface area contributed by atoms with Crippen LogP contribution in [0.3, 0.4) is 0 Å². The van der Waals surface area contributed by atoms with Gasteiger partial charge in [0.05, 0.1) is 0 Å². The summed E-state index contributed by atoms with van der Waals surface area (Å²) in [5.41, 5.74) is 6.06. The second-order valence-electron chi connectivity index (χ2n) is 5.45. The molecule has 0 radical (unpaired) electrons. The monoisotopic (exact) mass is 324 g/mol. The van der Waals surface area contributed by atoms with Crippen LogP contribution in [0.15, 0.2) is 28.7 Å². The van der Waals surface area contributed by atoms with E-state index in [0.29, 0.717) is 5.92 Å². The molecule has 2 rings (SSSR count). The molecule has 0 aliphatic heterocycles. The predicted molar refractivity (Wildman–Crippen MR) is 81.9 cm³/mol. The number of nitrogens with two attached hydrogens (primary N) is 1. The standard InChI is InChI=1S/C15H21BrN2O/c1-2-11-5-4-8-15(10-11,14(17)19)18-13-7-3-6-12(16)9-13/h3,6-7,9,11,18H,2,4-5,8,10H2,1H3,(H2,17,19). The van der Waals surface area contributed by atoms with Gasteiger partial charge in [0.25, 0.3) is 0 Å². The summed E-state index contributed by atoms with van der Waals surface area (Å²) in [5.74, 6) is 0.353. The maximum atomic E-state index is 12.0. The summed E-state index contributed by atoms with van der Waals surface area (Å²) in [7, 11) is 0. The van der Waals surface area contributed by atoms with Crippen molar-refractivity contribution in [1.29, 1.82) is 0 Å². The summed E-state index contributed by atoms with van der Waals surface area (Å²) in [6.45, 7) is 2.18. The molecule has 1 aromatic rings. The number of hydrogen-bond donors (Lipinski definition) is 2. The van der Waals surface area contributed by atoms with E-state index in [-0.39, 0.29) is 5.91 Å². The average Bonchev–Trinajstić information content (AvgIpc) is 2.38. The van der Waals surface area contributed by atoms with Gasteiger partial charge >= 0.3 is 0 Å². The molecule has 0 heterocycles.